The Hall–Kier alpha value is -3.96. The van der Waals surface area contributed by atoms with Crippen LogP contribution in [0.25, 0.3) is 22.3 Å². The summed E-state index contributed by atoms with van der Waals surface area (Å²) >= 11 is 0. The molecule has 29 heavy (non-hydrogen) atoms. The lowest BCUT2D eigenvalue weighted by atomic mass is 10.2. The molecule has 0 aliphatic carbocycles. The van der Waals surface area contributed by atoms with E-state index in [9.17, 15) is 18.4 Å². The topological polar surface area (TPSA) is 131 Å². The lowest BCUT2D eigenvalue weighted by Crippen LogP contribution is -2.22. The highest BCUT2D eigenvalue weighted by Gasteiger charge is 2.28. The molecule has 0 unspecified atom stereocenters. The van der Waals surface area contributed by atoms with E-state index in [-0.39, 0.29) is 33.9 Å². The molecule has 12 heteroatoms. The Balaban J connectivity index is 1.80. The molecule has 0 amide bonds. The third-order valence-corrected chi connectivity index (χ3v) is 4.09. The van der Waals surface area contributed by atoms with Gasteiger partial charge in [0.2, 0.25) is 12.0 Å². The van der Waals surface area contributed by atoms with Gasteiger partial charge < -0.3 is 9.72 Å². The minimum atomic E-state index is -2.86. The molecule has 4 heterocycles. The zero-order valence-corrected chi connectivity index (χ0v) is 14.8. The van der Waals surface area contributed by atoms with Gasteiger partial charge in [-0.05, 0) is 18.2 Å². The van der Waals surface area contributed by atoms with Gasteiger partial charge in [-0.3, -0.25) is 14.8 Å². The molecule has 0 aliphatic heterocycles. The number of aromatic amines is 2. The Morgan fingerprint density at radius 2 is 2.03 bits per heavy atom. The van der Waals surface area contributed by atoms with Crippen molar-refractivity contribution >= 4 is 11.0 Å². The number of aryl methyl sites for hydroxylation is 1. The molecule has 0 radical (unpaired) electrons. The van der Waals surface area contributed by atoms with Gasteiger partial charge in [0, 0.05) is 19.4 Å². The van der Waals surface area contributed by atoms with Crippen LogP contribution in [0.5, 0.6) is 5.88 Å². The van der Waals surface area contributed by atoms with E-state index in [1.165, 1.54) is 29.2 Å². The van der Waals surface area contributed by atoms with E-state index in [1.807, 2.05) is 0 Å². The molecular weight excluding hydrogens is 388 g/mol. The maximum atomic E-state index is 13.6. The molecule has 0 saturated carbocycles. The summed E-state index contributed by atoms with van der Waals surface area (Å²) < 4.78 is 34.0. The Morgan fingerprint density at radius 3 is 2.72 bits per heavy atom. The molecule has 148 valence electrons. The molecule has 10 nitrogen and oxygen atoms in total. The van der Waals surface area contributed by atoms with Crippen LogP contribution in [0.4, 0.5) is 8.78 Å². The Morgan fingerprint density at radius 1 is 1.21 bits per heavy atom. The van der Waals surface area contributed by atoms with Crippen LogP contribution in [0, 0.1) is 0 Å². The summed E-state index contributed by atoms with van der Waals surface area (Å²) in [5.74, 6) is -0.115. The summed E-state index contributed by atoms with van der Waals surface area (Å²) in [7, 11) is 1.55. The van der Waals surface area contributed by atoms with E-state index in [4.69, 9.17) is 4.74 Å². The Kier molecular flexibility index (Phi) is 4.58. The van der Waals surface area contributed by atoms with Crippen molar-refractivity contribution in [2.45, 2.75) is 12.5 Å². The summed E-state index contributed by atoms with van der Waals surface area (Å²) in [6, 6.07) is 6.02. The third-order valence-electron chi connectivity index (χ3n) is 4.09. The fraction of sp³-hybridized carbons (Fsp3) is 0.176. The number of rotatable bonds is 5. The van der Waals surface area contributed by atoms with Gasteiger partial charge in [-0.15, -0.1) is 15.3 Å². The third kappa shape index (κ3) is 3.47. The first kappa shape index (κ1) is 18.4. The van der Waals surface area contributed by atoms with Crippen LogP contribution in [0.2, 0.25) is 0 Å². The van der Waals surface area contributed by atoms with Gasteiger partial charge in [0.15, 0.2) is 5.65 Å². The Labute approximate surface area is 160 Å². The van der Waals surface area contributed by atoms with Crippen molar-refractivity contribution in [1.82, 2.24) is 34.9 Å². The van der Waals surface area contributed by atoms with Gasteiger partial charge in [0.25, 0.3) is 12.0 Å². The maximum Gasteiger partial charge on any atom is 0.325 e. The fourth-order valence-corrected chi connectivity index (χ4v) is 2.74. The van der Waals surface area contributed by atoms with Crippen molar-refractivity contribution in [1.29, 1.82) is 0 Å². The van der Waals surface area contributed by atoms with Gasteiger partial charge >= 0.3 is 5.69 Å². The number of hydrogen-bond acceptors (Lipinski definition) is 7. The number of halogens is 2. The molecule has 4 rings (SSSR count). The predicted octanol–water partition coefficient (Wildman–Crippen LogP) is 1.19. The normalized spacial score (nSPS) is 12.4. The lowest BCUT2D eigenvalue weighted by Gasteiger charge is -2.16. The number of fused-ring (bicyclic) bond motifs is 1. The van der Waals surface area contributed by atoms with Crippen molar-refractivity contribution in [2.75, 3.05) is 0 Å². The quantitative estimate of drug-likeness (QED) is 0.513. The summed E-state index contributed by atoms with van der Waals surface area (Å²) in [6.07, 6.45) is -1.94. The minimum absolute atomic E-state index is 0.0422. The van der Waals surface area contributed by atoms with Crippen molar-refractivity contribution in [3.05, 3.63) is 63.2 Å². The lowest BCUT2D eigenvalue weighted by molar-refractivity contribution is 0.00611. The van der Waals surface area contributed by atoms with Crippen LogP contribution >= 0.6 is 0 Å². The summed E-state index contributed by atoms with van der Waals surface area (Å²) in [4.78, 5) is 31.6. The second-order valence-electron chi connectivity index (χ2n) is 6.01. The molecule has 0 aliphatic rings. The van der Waals surface area contributed by atoms with Crippen LogP contribution < -0.4 is 16.0 Å². The number of nitrogens with zero attached hydrogens (tertiary/aromatic N) is 5. The summed E-state index contributed by atoms with van der Waals surface area (Å²) in [6.45, 7) is 0. The van der Waals surface area contributed by atoms with Gasteiger partial charge in [0.1, 0.15) is 5.69 Å². The summed E-state index contributed by atoms with van der Waals surface area (Å²) in [5.41, 5.74) is -0.886. The van der Waals surface area contributed by atoms with Gasteiger partial charge in [-0.2, -0.15) is 0 Å². The second kappa shape index (κ2) is 7.22. The van der Waals surface area contributed by atoms with Crippen LogP contribution in [-0.4, -0.2) is 41.4 Å². The standard InChI is InChI=1S/C17H13F2N7O3/c1-26-14-8(6-11(23-24-14)9-7-21-17(28)22-15(9)27)16(25-26)29-12(13(18)19)10-4-2-3-5-20-10/h2-7,12-13H,1H3,(H2,21,22,27,28)/t12-/m1/s1. The number of aromatic nitrogens is 7. The number of alkyl halides is 2. The maximum absolute atomic E-state index is 13.6. The highest BCUT2D eigenvalue weighted by molar-refractivity contribution is 5.84. The van der Waals surface area contributed by atoms with Crippen LogP contribution in [0.15, 0.2) is 46.2 Å². The van der Waals surface area contributed by atoms with Crippen molar-refractivity contribution in [2.24, 2.45) is 7.05 Å². The number of ether oxygens (including phenoxy) is 1. The molecule has 4 aromatic heterocycles. The number of pyridine rings is 1. The average molecular weight is 401 g/mol. The van der Waals surface area contributed by atoms with Gasteiger partial charge in [-0.1, -0.05) is 6.07 Å². The molecule has 0 bridgehead atoms. The van der Waals surface area contributed by atoms with Crippen LogP contribution in [-0.2, 0) is 7.05 Å². The molecule has 0 aromatic carbocycles. The van der Waals surface area contributed by atoms with E-state index in [0.29, 0.717) is 0 Å². The fourth-order valence-electron chi connectivity index (χ4n) is 2.74. The number of hydrogen-bond donors (Lipinski definition) is 2. The zero-order chi connectivity index (χ0) is 20.5. The predicted molar refractivity (Wildman–Crippen MR) is 96.6 cm³/mol. The van der Waals surface area contributed by atoms with Crippen molar-refractivity contribution in [3.8, 4) is 17.1 Å². The number of nitrogens with one attached hydrogen (secondary N) is 2. The number of H-pyrrole nitrogens is 2. The van der Waals surface area contributed by atoms with Crippen molar-refractivity contribution in [3.63, 3.8) is 0 Å². The van der Waals surface area contributed by atoms with Crippen LogP contribution in [0.1, 0.15) is 11.8 Å². The van der Waals surface area contributed by atoms with E-state index in [0.717, 1.165) is 0 Å². The first-order valence-electron chi connectivity index (χ1n) is 8.32. The molecule has 0 fully saturated rings. The molecule has 0 spiro atoms. The molecule has 2 N–H and O–H groups in total. The Bertz CT molecular complexity index is 1280. The first-order valence-corrected chi connectivity index (χ1v) is 8.32. The molecule has 0 saturated heterocycles. The largest absolute Gasteiger partial charge is 0.460 e. The van der Waals surface area contributed by atoms with Crippen molar-refractivity contribution < 1.29 is 13.5 Å². The first-order chi connectivity index (χ1) is 13.9. The van der Waals surface area contributed by atoms with E-state index < -0.39 is 23.8 Å². The van der Waals surface area contributed by atoms with E-state index in [2.05, 4.69) is 30.2 Å². The highest BCUT2D eigenvalue weighted by Crippen LogP contribution is 2.31. The smallest absolute Gasteiger partial charge is 0.325 e. The molecule has 4 aromatic rings. The molecular formula is C17H13F2N7O3. The zero-order valence-electron chi connectivity index (χ0n) is 14.8. The monoisotopic (exact) mass is 401 g/mol. The second-order valence-corrected chi connectivity index (χ2v) is 6.01. The average Bonchev–Trinajstić information content (AvgIpc) is 3.01. The van der Waals surface area contributed by atoms with Gasteiger partial charge in [0.05, 0.1) is 16.6 Å². The SMILES string of the molecule is Cn1nc(O[C@H](c2ccccn2)C(F)F)c2cc(-c3c[nH]c(=O)[nH]c3=O)nnc21. The van der Waals surface area contributed by atoms with Crippen LogP contribution in [0.3, 0.4) is 0 Å². The van der Waals surface area contributed by atoms with Gasteiger partial charge in [-0.25, -0.2) is 18.3 Å². The van der Waals surface area contributed by atoms with E-state index >= 15 is 0 Å². The molecule has 1 atom stereocenters. The van der Waals surface area contributed by atoms with E-state index in [1.54, 1.807) is 19.2 Å². The highest BCUT2D eigenvalue weighted by atomic mass is 19.3. The summed E-state index contributed by atoms with van der Waals surface area (Å²) in [5, 5.41) is 12.3. The minimum Gasteiger partial charge on any atom is -0.460 e.